The fourth-order valence-corrected chi connectivity index (χ4v) is 4.27. The summed E-state index contributed by atoms with van der Waals surface area (Å²) < 4.78 is 31.6. The van der Waals surface area contributed by atoms with E-state index in [0.29, 0.717) is 49.7 Å². The van der Waals surface area contributed by atoms with E-state index < -0.39 is 17.9 Å². The maximum Gasteiger partial charge on any atom is 0.261 e. The number of anilines is 2. The minimum absolute atomic E-state index is 0.0604. The topological polar surface area (TPSA) is 113 Å². The van der Waals surface area contributed by atoms with E-state index in [0.717, 1.165) is 11.8 Å². The summed E-state index contributed by atoms with van der Waals surface area (Å²) in [5.41, 5.74) is 1.36. The zero-order chi connectivity index (χ0) is 24.3. The molecule has 182 valence electrons. The van der Waals surface area contributed by atoms with Gasteiger partial charge >= 0.3 is 0 Å². The van der Waals surface area contributed by atoms with Gasteiger partial charge in [-0.2, -0.15) is 0 Å². The number of ether oxygens (including phenoxy) is 1. The molecule has 0 radical (unpaired) electrons. The van der Waals surface area contributed by atoms with Gasteiger partial charge in [-0.25, -0.2) is 13.8 Å². The van der Waals surface area contributed by atoms with Gasteiger partial charge in [0.15, 0.2) is 0 Å². The quantitative estimate of drug-likeness (QED) is 0.354. The van der Waals surface area contributed by atoms with E-state index >= 15 is 0 Å². The van der Waals surface area contributed by atoms with Crippen molar-refractivity contribution >= 4 is 29.7 Å². The maximum absolute atomic E-state index is 13.1. The van der Waals surface area contributed by atoms with E-state index in [1.165, 1.54) is 6.21 Å². The van der Waals surface area contributed by atoms with Crippen LogP contribution in [0.5, 0.6) is 5.75 Å². The Balaban J connectivity index is 1.63. The Kier molecular flexibility index (Phi) is 6.94. The van der Waals surface area contributed by atoms with Crippen LogP contribution in [0.1, 0.15) is 12.5 Å². The van der Waals surface area contributed by atoms with Crippen molar-refractivity contribution in [2.24, 2.45) is 4.99 Å². The molecule has 1 aromatic carbocycles. The molecule has 1 aromatic rings. The number of hydrogen-bond donors (Lipinski definition) is 4. The van der Waals surface area contributed by atoms with E-state index in [1.54, 1.807) is 17.2 Å². The summed E-state index contributed by atoms with van der Waals surface area (Å²) in [5.74, 6) is 0.370. The number of halogens is 2. The van der Waals surface area contributed by atoms with Gasteiger partial charge in [0.25, 0.3) is 12.3 Å². The van der Waals surface area contributed by atoms with Crippen molar-refractivity contribution < 1.29 is 23.4 Å². The molecule has 3 aliphatic rings. The Hall–Kier alpha value is -3.31. The van der Waals surface area contributed by atoms with Gasteiger partial charge in [0.1, 0.15) is 17.2 Å². The van der Waals surface area contributed by atoms with Crippen molar-refractivity contribution in [1.82, 2.24) is 10.2 Å². The highest BCUT2D eigenvalue weighted by molar-refractivity contribution is 6.18. The van der Waals surface area contributed by atoms with Gasteiger partial charge in [0.2, 0.25) is 0 Å². The lowest BCUT2D eigenvalue weighted by atomic mass is 9.99. The minimum atomic E-state index is -2.38. The average molecular weight is 475 g/mol. The average Bonchev–Trinajstić information content (AvgIpc) is 3.16. The van der Waals surface area contributed by atoms with Crippen LogP contribution in [-0.4, -0.2) is 79.7 Å². The number of benzene rings is 1. The number of carbonyl (C=O) groups is 1. The van der Waals surface area contributed by atoms with Crippen LogP contribution in [0.4, 0.5) is 20.2 Å². The Morgan fingerprint density at radius 2 is 2.15 bits per heavy atom. The summed E-state index contributed by atoms with van der Waals surface area (Å²) in [4.78, 5) is 20.9. The molecule has 0 spiro atoms. The lowest BCUT2D eigenvalue weighted by Gasteiger charge is -2.37. The van der Waals surface area contributed by atoms with Crippen LogP contribution in [0, 0.1) is 5.41 Å². The highest BCUT2D eigenvalue weighted by atomic mass is 19.3. The number of nitrogens with zero attached hydrogens (tertiary/aromatic N) is 3. The molecule has 3 aliphatic heterocycles. The fraction of sp³-hybridized carbons (Fsp3) is 0.435. The second kappa shape index (κ2) is 9.90. The molecule has 0 unspecified atom stereocenters. The number of aliphatic hydroxyl groups is 1. The molecule has 1 amide bonds. The third-order valence-corrected chi connectivity index (χ3v) is 6.04. The molecule has 34 heavy (non-hydrogen) atoms. The Bertz CT molecular complexity index is 1050. The zero-order valence-corrected chi connectivity index (χ0v) is 18.9. The molecule has 0 aromatic heterocycles. The summed E-state index contributed by atoms with van der Waals surface area (Å²) in [6.45, 7) is 3.31. The molecular weight excluding hydrogens is 446 g/mol. The summed E-state index contributed by atoms with van der Waals surface area (Å²) in [6.07, 6.45) is 3.84. The molecular formula is C23H28F2N6O3. The number of hydrogen-bond acceptors (Lipinski definition) is 8. The molecule has 0 saturated carbocycles. The molecule has 3 heterocycles. The number of rotatable bonds is 7. The van der Waals surface area contributed by atoms with Gasteiger partial charge in [-0.1, -0.05) is 0 Å². The lowest BCUT2D eigenvalue weighted by Crippen LogP contribution is -2.48. The molecule has 0 bridgehead atoms. The molecule has 9 nitrogen and oxygen atoms in total. The van der Waals surface area contributed by atoms with E-state index in [1.807, 2.05) is 24.0 Å². The van der Waals surface area contributed by atoms with Crippen LogP contribution in [0.3, 0.4) is 0 Å². The highest BCUT2D eigenvalue weighted by Gasteiger charge is 2.36. The first kappa shape index (κ1) is 23.8. The largest absolute Gasteiger partial charge is 0.484 e. The number of fused-ring (bicyclic) bond motifs is 1. The molecule has 4 rings (SSSR count). The summed E-state index contributed by atoms with van der Waals surface area (Å²) in [5, 5.41) is 23.2. The van der Waals surface area contributed by atoms with Gasteiger partial charge < -0.3 is 30.8 Å². The summed E-state index contributed by atoms with van der Waals surface area (Å²) in [6, 6.07) is 3.64. The van der Waals surface area contributed by atoms with Gasteiger partial charge in [-0.05, 0) is 19.1 Å². The SMILES string of the molecule is C[C@]1(CO)Cc2cc(NC(=O)/C(C=N)=C3\N=CC=CN3)c(N3CCN(CC(F)F)CC3)cc2O1. The van der Waals surface area contributed by atoms with Crippen molar-refractivity contribution in [2.75, 3.05) is 49.5 Å². The van der Waals surface area contributed by atoms with Crippen molar-refractivity contribution in [3.8, 4) is 5.75 Å². The van der Waals surface area contributed by atoms with E-state index in [4.69, 9.17) is 10.1 Å². The monoisotopic (exact) mass is 474 g/mol. The van der Waals surface area contributed by atoms with Crippen LogP contribution < -0.4 is 20.3 Å². The van der Waals surface area contributed by atoms with Crippen molar-refractivity contribution in [1.29, 1.82) is 5.41 Å². The fourth-order valence-electron chi connectivity index (χ4n) is 4.27. The molecule has 0 aliphatic carbocycles. The van der Waals surface area contributed by atoms with Crippen LogP contribution in [0.25, 0.3) is 0 Å². The summed E-state index contributed by atoms with van der Waals surface area (Å²) in [7, 11) is 0. The second-order valence-corrected chi connectivity index (χ2v) is 8.69. The number of alkyl halides is 2. The van der Waals surface area contributed by atoms with E-state index in [9.17, 15) is 18.7 Å². The maximum atomic E-state index is 13.1. The van der Waals surface area contributed by atoms with Crippen molar-refractivity contribution in [3.63, 3.8) is 0 Å². The van der Waals surface area contributed by atoms with Crippen LogP contribution >= 0.6 is 0 Å². The number of aliphatic hydroxyl groups excluding tert-OH is 1. The molecule has 11 heteroatoms. The Labute approximate surface area is 196 Å². The van der Waals surface area contributed by atoms with Crippen molar-refractivity contribution in [3.05, 3.63) is 41.4 Å². The Morgan fingerprint density at radius 1 is 1.38 bits per heavy atom. The predicted octanol–water partition coefficient (Wildman–Crippen LogP) is 1.75. The molecule has 4 N–H and O–H groups in total. The van der Waals surface area contributed by atoms with Gasteiger partial charge in [0.05, 0.1) is 30.1 Å². The Morgan fingerprint density at radius 3 is 2.76 bits per heavy atom. The standard InChI is InChI=1S/C23H28F2N6O3/c1-23(14-32)11-15-9-17(29-22(33)16(12-26)21-27-3-2-4-28-21)18(10-19(15)34-23)31-7-5-30(6-8-31)13-20(24)25/h2-4,9-10,12,20,26-27,32H,5-8,11,13-14H2,1H3,(H,29,33)/b21-16-,26-12?/t23-/m1/s1. The van der Waals surface area contributed by atoms with Gasteiger partial charge in [-0.15, -0.1) is 0 Å². The minimum Gasteiger partial charge on any atom is -0.484 e. The number of piperazine rings is 1. The number of nitrogens with one attached hydrogen (secondary N) is 3. The number of aliphatic imine (C=N–C) groups is 1. The van der Waals surface area contributed by atoms with Crippen molar-refractivity contribution in [2.45, 2.75) is 25.4 Å². The molecule has 1 atom stereocenters. The van der Waals surface area contributed by atoms with Crippen LogP contribution in [-0.2, 0) is 11.2 Å². The second-order valence-electron chi connectivity index (χ2n) is 8.69. The summed E-state index contributed by atoms with van der Waals surface area (Å²) >= 11 is 0. The predicted molar refractivity (Wildman–Crippen MR) is 126 cm³/mol. The number of amides is 1. The third-order valence-electron chi connectivity index (χ3n) is 6.04. The van der Waals surface area contributed by atoms with E-state index in [-0.39, 0.29) is 24.5 Å². The first-order chi connectivity index (χ1) is 16.3. The zero-order valence-electron chi connectivity index (χ0n) is 18.9. The first-order valence-corrected chi connectivity index (χ1v) is 11.1. The lowest BCUT2D eigenvalue weighted by molar-refractivity contribution is -0.112. The van der Waals surface area contributed by atoms with E-state index in [2.05, 4.69) is 15.6 Å². The highest BCUT2D eigenvalue weighted by Crippen LogP contribution is 2.42. The first-order valence-electron chi connectivity index (χ1n) is 11.1. The van der Waals surface area contributed by atoms with Crippen LogP contribution in [0.15, 0.2) is 40.8 Å². The molecule has 1 fully saturated rings. The van der Waals surface area contributed by atoms with Gasteiger partial charge in [0, 0.05) is 62.9 Å². The van der Waals surface area contributed by atoms with Crippen LogP contribution in [0.2, 0.25) is 0 Å². The van der Waals surface area contributed by atoms with Gasteiger partial charge in [-0.3, -0.25) is 9.69 Å². The molecule has 1 saturated heterocycles. The third kappa shape index (κ3) is 5.10. The number of carbonyl (C=O) groups excluding carboxylic acids is 1. The smallest absolute Gasteiger partial charge is 0.261 e. The number of allylic oxidation sites excluding steroid dienone is 1. The normalized spacial score (nSPS) is 23.4.